The summed E-state index contributed by atoms with van der Waals surface area (Å²) in [4.78, 5) is 24.8. The summed E-state index contributed by atoms with van der Waals surface area (Å²) in [6.07, 6.45) is 5.40. The first kappa shape index (κ1) is 15.3. The SMILES string of the molecule is C#CCNC1(C(=O)O)CCCN1C(=O)OC(C)(C)C. The van der Waals surface area contributed by atoms with Crippen molar-refractivity contribution in [3.8, 4) is 12.3 Å². The molecule has 19 heavy (non-hydrogen) atoms. The van der Waals surface area contributed by atoms with E-state index >= 15 is 0 Å². The Balaban J connectivity index is 2.94. The van der Waals surface area contributed by atoms with Gasteiger partial charge in [0.1, 0.15) is 5.60 Å². The van der Waals surface area contributed by atoms with Gasteiger partial charge < -0.3 is 9.84 Å². The quantitative estimate of drug-likeness (QED) is 0.747. The summed E-state index contributed by atoms with van der Waals surface area (Å²) in [7, 11) is 0. The van der Waals surface area contributed by atoms with E-state index in [0.29, 0.717) is 19.4 Å². The molecule has 1 fully saturated rings. The number of likely N-dealkylation sites (tertiary alicyclic amines) is 1. The Hall–Kier alpha value is -1.74. The van der Waals surface area contributed by atoms with Crippen LogP contribution >= 0.6 is 0 Å². The van der Waals surface area contributed by atoms with Gasteiger partial charge in [0, 0.05) is 6.54 Å². The number of ether oxygens (including phenoxy) is 1. The molecular formula is C13H20N2O4. The first-order valence-corrected chi connectivity index (χ1v) is 6.15. The number of aliphatic carboxylic acids is 1. The minimum absolute atomic E-state index is 0.0750. The van der Waals surface area contributed by atoms with Crippen molar-refractivity contribution in [1.29, 1.82) is 0 Å². The Bertz CT molecular complexity index is 408. The van der Waals surface area contributed by atoms with Crippen molar-refractivity contribution in [1.82, 2.24) is 10.2 Å². The molecule has 0 radical (unpaired) electrons. The van der Waals surface area contributed by atoms with Crippen LogP contribution in [0, 0.1) is 12.3 Å². The molecule has 1 atom stereocenters. The Morgan fingerprint density at radius 2 is 2.16 bits per heavy atom. The van der Waals surface area contributed by atoms with Gasteiger partial charge in [-0.2, -0.15) is 0 Å². The van der Waals surface area contributed by atoms with Crippen molar-refractivity contribution in [2.45, 2.75) is 44.9 Å². The predicted molar refractivity (Wildman–Crippen MR) is 69.4 cm³/mol. The zero-order valence-corrected chi connectivity index (χ0v) is 11.5. The van der Waals surface area contributed by atoms with Crippen molar-refractivity contribution < 1.29 is 19.4 Å². The molecule has 0 bridgehead atoms. The van der Waals surface area contributed by atoms with Gasteiger partial charge in [0.05, 0.1) is 6.54 Å². The largest absolute Gasteiger partial charge is 0.478 e. The smallest absolute Gasteiger partial charge is 0.412 e. The highest BCUT2D eigenvalue weighted by Crippen LogP contribution is 2.29. The van der Waals surface area contributed by atoms with Crippen LogP contribution in [0.1, 0.15) is 33.6 Å². The molecule has 1 saturated heterocycles. The zero-order valence-electron chi connectivity index (χ0n) is 11.5. The average Bonchev–Trinajstić information content (AvgIpc) is 2.69. The van der Waals surface area contributed by atoms with Gasteiger partial charge in [-0.1, -0.05) is 5.92 Å². The van der Waals surface area contributed by atoms with Crippen LogP contribution in [0.15, 0.2) is 0 Å². The third-order valence-corrected chi connectivity index (χ3v) is 2.83. The summed E-state index contributed by atoms with van der Waals surface area (Å²) in [5.41, 5.74) is -2.13. The zero-order chi connectivity index (χ0) is 14.7. The number of carboxylic acid groups (broad SMARTS) is 1. The number of amides is 1. The molecule has 1 rings (SSSR count). The predicted octanol–water partition coefficient (Wildman–Crippen LogP) is 1.02. The molecule has 0 spiro atoms. The normalized spacial score (nSPS) is 22.9. The fourth-order valence-electron chi connectivity index (χ4n) is 2.06. The highest BCUT2D eigenvalue weighted by atomic mass is 16.6. The summed E-state index contributed by atoms with van der Waals surface area (Å²) >= 11 is 0. The van der Waals surface area contributed by atoms with E-state index in [2.05, 4.69) is 11.2 Å². The van der Waals surface area contributed by atoms with Crippen LogP contribution in [-0.2, 0) is 9.53 Å². The number of nitrogens with zero attached hydrogens (tertiary/aromatic N) is 1. The summed E-state index contributed by atoms with van der Waals surface area (Å²) in [5, 5.41) is 12.2. The second kappa shape index (κ2) is 5.49. The Labute approximate surface area is 113 Å². The number of carbonyl (C=O) groups is 2. The van der Waals surface area contributed by atoms with E-state index < -0.39 is 23.3 Å². The van der Waals surface area contributed by atoms with E-state index in [1.807, 2.05) is 0 Å². The minimum Gasteiger partial charge on any atom is -0.478 e. The van der Waals surface area contributed by atoms with Crippen LogP contribution < -0.4 is 5.32 Å². The standard InChI is InChI=1S/C13H20N2O4/c1-5-8-14-13(10(16)17)7-6-9-15(13)11(18)19-12(2,3)4/h1,14H,6-9H2,2-4H3,(H,16,17). The molecule has 6 nitrogen and oxygen atoms in total. The van der Waals surface area contributed by atoms with Gasteiger partial charge in [0.25, 0.3) is 0 Å². The fraction of sp³-hybridized carbons (Fsp3) is 0.692. The molecule has 1 heterocycles. The number of nitrogens with one attached hydrogen (secondary N) is 1. The topological polar surface area (TPSA) is 78.9 Å². The van der Waals surface area contributed by atoms with E-state index in [1.165, 1.54) is 4.90 Å². The lowest BCUT2D eigenvalue weighted by molar-refractivity contribution is -0.151. The van der Waals surface area contributed by atoms with Gasteiger partial charge in [-0.25, -0.2) is 9.59 Å². The van der Waals surface area contributed by atoms with Crippen molar-refractivity contribution in [2.24, 2.45) is 0 Å². The number of hydrogen-bond acceptors (Lipinski definition) is 4. The summed E-state index contributed by atoms with van der Waals surface area (Å²) in [6, 6.07) is 0. The number of carbonyl (C=O) groups excluding carboxylic acids is 1. The van der Waals surface area contributed by atoms with Gasteiger partial charge in [0.15, 0.2) is 5.66 Å². The van der Waals surface area contributed by atoms with E-state index in [1.54, 1.807) is 20.8 Å². The third kappa shape index (κ3) is 3.38. The number of carboxylic acids is 1. The van der Waals surface area contributed by atoms with E-state index in [0.717, 1.165) is 0 Å². The molecule has 0 aromatic heterocycles. The molecule has 2 N–H and O–H groups in total. The lowest BCUT2D eigenvalue weighted by atomic mass is 10.1. The minimum atomic E-state index is -1.46. The van der Waals surface area contributed by atoms with Gasteiger partial charge in [-0.15, -0.1) is 6.42 Å². The molecule has 1 unspecified atom stereocenters. The summed E-state index contributed by atoms with van der Waals surface area (Å²) in [5.74, 6) is 1.21. The second-order valence-electron chi connectivity index (χ2n) is 5.46. The molecule has 0 aliphatic carbocycles. The van der Waals surface area contributed by atoms with Gasteiger partial charge in [-0.3, -0.25) is 10.2 Å². The van der Waals surface area contributed by atoms with Gasteiger partial charge in [-0.05, 0) is 33.6 Å². The Morgan fingerprint density at radius 3 is 2.63 bits per heavy atom. The van der Waals surface area contributed by atoms with Crippen LogP contribution in [0.4, 0.5) is 4.79 Å². The molecule has 6 heteroatoms. The third-order valence-electron chi connectivity index (χ3n) is 2.83. The Kier molecular flexibility index (Phi) is 4.43. The first-order valence-electron chi connectivity index (χ1n) is 6.15. The average molecular weight is 268 g/mol. The van der Waals surface area contributed by atoms with E-state index in [4.69, 9.17) is 11.2 Å². The van der Waals surface area contributed by atoms with Crippen molar-refractivity contribution in [3.63, 3.8) is 0 Å². The lowest BCUT2D eigenvalue weighted by Gasteiger charge is -2.35. The van der Waals surface area contributed by atoms with Crippen LogP contribution in [0.3, 0.4) is 0 Å². The molecular weight excluding hydrogens is 248 g/mol. The van der Waals surface area contributed by atoms with Gasteiger partial charge >= 0.3 is 12.1 Å². The van der Waals surface area contributed by atoms with Gasteiger partial charge in [0.2, 0.25) is 0 Å². The van der Waals surface area contributed by atoms with Crippen LogP contribution in [-0.4, -0.2) is 46.4 Å². The highest BCUT2D eigenvalue weighted by molar-refractivity contribution is 5.84. The monoisotopic (exact) mass is 268 g/mol. The molecule has 1 aliphatic rings. The fourth-order valence-corrected chi connectivity index (χ4v) is 2.06. The second-order valence-corrected chi connectivity index (χ2v) is 5.46. The van der Waals surface area contributed by atoms with E-state index in [9.17, 15) is 14.7 Å². The van der Waals surface area contributed by atoms with Crippen molar-refractivity contribution in [2.75, 3.05) is 13.1 Å². The maximum Gasteiger partial charge on any atom is 0.412 e. The van der Waals surface area contributed by atoms with Crippen LogP contribution in [0.2, 0.25) is 0 Å². The maximum atomic E-state index is 12.1. The molecule has 106 valence electrons. The lowest BCUT2D eigenvalue weighted by Crippen LogP contribution is -2.63. The van der Waals surface area contributed by atoms with Crippen LogP contribution in [0.5, 0.6) is 0 Å². The van der Waals surface area contributed by atoms with Crippen molar-refractivity contribution >= 4 is 12.1 Å². The molecule has 0 saturated carbocycles. The van der Waals surface area contributed by atoms with Crippen LogP contribution in [0.25, 0.3) is 0 Å². The molecule has 0 aromatic carbocycles. The summed E-state index contributed by atoms with van der Waals surface area (Å²) in [6.45, 7) is 5.61. The maximum absolute atomic E-state index is 12.1. The highest BCUT2D eigenvalue weighted by Gasteiger charge is 2.51. The first-order chi connectivity index (χ1) is 8.73. The Morgan fingerprint density at radius 1 is 1.53 bits per heavy atom. The molecule has 1 amide bonds. The van der Waals surface area contributed by atoms with E-state index in [-0.39, 0.29) is 6.54 Å². The summed E-state index contributed by atoms with van der Waals surface area (Å²) < 4.78 is 5.24. The number of terminal acetylenes is 1. The number of rotatable bonds is 3. The number of hydrogen-bond donors (Lipinski definition) is 2. The molecule has 0 aromatic rings. The van der Waals surface area contributed by atoms with Crippen molar-refractivity contribution in [3.05, 3.63) is 0 Å². The molecule has 1 aliphatic heterocycles.